The molecule has 2 aliphatic rings. The minimum absolute atomic E-state index is 0.0248. The summed E-state index contributed by atoms with van der Waals surface area (Å²) in [6.07, 6.45) is 5.79. The summed E-state index contributed by atoms with van der Waals surface area (Å²) in [5, 5.41) is 2.92. The molecule has 3 atom stereocenters. The molecule has 150 valence electrons. The molecule has 2 aliphatic carbocycles. The van der Waals surface area contributed by atoms with E-state index in [0.717, 1.165) is 25.7 Å². The third kappa shape index (κ3) is 4.70. The second-order valence-electron chi connectivity index (χ2n) is 8.14. The Balaban J connectivity index is 1.68. The average molecular weight is 394 g/mol. The molecule has 0 aliphatic heterocycles. The maximum absolute atomic E-state index is 12.8. The molecule has 3 unspecified atom stereocenters. The summed E-state index contributed by atoms with van der Waals surface area (Å²) in [5.74, 6) is 0.793. The Morgan fingerprint density at radius 1 is 1.26 bits per heavy atom. The number of rotatable bonds is 6. The van der Waals surface area contributed by atoms with E-state index in [0.29, 0.717) is 23.9 Å². The van der Waals surface area contributed by atoms with Crippen molar-refractivity contribution in [2.45, 2.75) is 69.4 Å². The van der Waals surface area contributed by atoms with Crippen molar-refractivity contribution in [1.82, 2.24) is 4.72 Å². The van der Waals surface area contributed by atoms with E-state index in [1.54, 1.807) is 18.2 Å². The van der Waals surface area contributed by atoms with Gasteiger partial charge >= 0.3 is 0 Å². The molecule has 1 aromatic rings. The van der Waals surface area contributed by atoms with E-state index in [-0.39, 0.29) is 28.8 Å². The maximum Gasteiger partial charge on any atom is 0.240 e. The molecule has 0 spiro atoms. The van der Waals surface area contributed by atoms with Crippen molar-refractivity contribution in [3.05, 3.63) is 24.3 Å². The normalized spacial score (nSPS) is 29.1. The van der Waals surface area contributed by atoms with Crippen molar-refractivity contribution in [2.24, 2.45) is 23.5 Å². The lowest BCUT2D eigenvalue weighted by molar-refractivity contribution is -0.122. The van der Waals surface area contributed by atoms with Gasteiger partial charge < -0.3 is 11.1 Å². The topological polar surface area (TPSA) is 101 Å². The van der Waals surface area contributed by atoms with E-state index in [1.807, 2.05) is 13.8 Å². The van der Waals surface area contributed by atoms with E-state index < -0.39 is 10.0 Å². The minimum atomic E-state index is -3.59. The molecule has 27 heavy (non-hydrogen) atoms. The second kappa shape index (κ2) is 8.29. The van der Waals surface area contributed by atoms with E-state index in [2.05, 4.69) is 10.0 Å². The number of benzene rings is 1. The molecule has 0 radical (unpaired) electrons. The van der Waals surface area contributed by atoms with Gasteiger partial charge in [-0.05, 0) is 69.1 Å². The summed E-state index contributed by atoms with van der Waals surface area (Å²) in [4.78, 5) is 12.9. The maximum atomic E-state index is 12.8. The highest BCUT2D eigenvalue weighted by Crippen LogP contribution is 2.42. The fourth-order valence-corrected chi connectivity index (χ4v) is 5.78. The van der Waals surface area contributed by atoms with Crippen LogP contribution in [0.1, 0.15) is 52.4 Å². The molecule has 2 bridgehead atoms. The first-order valence-corrected chi connectivity index (χ1v) is 11.5. The van der Waals surface area contributed by atoms with Crippen LogP contribution < -0.4 is 15.8 Å². The van der Waals surface area contributed by atoms with E-state index in [4.69, 9.17) is 5.73 Å². The Kier molecular flexibility index (Phi) is 6.23. The van der Waals surface area contributed by atoms with Gasteiger partial charge in [-0.1, -0.05) is 19.4 Å². The highest BCUT2D eigenvalue weighted by atomic mass is 32.2. The number of sulfonamides is 1. The van der Waals surface area contributed by atoms with Gasteiger partial charge in [-0.25, -0.2) is 13.1 Å². The molecule has 6 nitrogen and oxygen atoms in total. The van der Waals surface area contributed by atoms with Crippen molar-refractivity contribution in [2.75, 3.05) is 5.32 Å². The Morgan fingerprint density at radius 2 is 1.93 bits per heavy atom. The van der Waals surface area contributed by atoms with Gasteiger partial charge in [0.05, 0.1) is 4.90 Å². The lowest BCUT2D eigenvalue weighted by Crippen LogP contribution is -2.48. The fraction of sp³-hybridized carbons (Fsp3) is 0.650. The third-order valence-corrected chi connectivity index (χ3v) is 7.75. The smallest absolute Gasteiger partial charge is 0.240 e. The summed E-state index contributed by atoms with van der Waals surface area (Å²) in [6, 6.07) is 6.55. The average Bonchev–Trinajstić information content (AvgIpc) is 2.61. The number of anilines is 1. The van der Waals surface area contributed by atoms with Crippen molar-refractivity contribution in [1.29, 1.82) is 0 Å². The van der Waals surface area contributed by atoms with Gasteiger partial charge in [0.25, 0.3) is 0 Å². The number of hydrogen-bond acceptors (Lipinski definition) is 4. The predicted molar refractivity (Wildman–Crippen MR) is 107 cm³/mol. The lowest BCUT2D eigenvalue weighted by atomic mass is 9.65. The molecular weight excluding hydrogens is 362 g/mol. The summed E-state index contributed by atoms with van der Waals surface area (Å²) in [7, 11) is -3.59. The number of nitrogens with two attached hydrogens (primary N) is 1. The minimum Gasteiger partial charge on any atom is -0.327 e. The highest BCUT2D eigenvalue weighted by Gasteiger charge is 2.40. The number of amides is 1. The molecule has 0 heterocycles. The third-order valence-electron chi connectivity index (χ3n) is 6.16. The summed E-state index contributed by atoms with van der Waals surface area (Å²) in [6.45, 7) is 3.75. The number of nitrogens with one attached hydrogen (secondary N) is 2. The summed E-state index contributed by atoms with van der Waals surface area (Å²) < 4.78 is 27.6. The molecule has 3 rings (SSSR count). The molecule has 4 N–H and O–H groups in total. The first-order valence-electron chi connectivity index (χ1n) is 9.99. The van der Waals surface area contributed by atoms with Crippen LogP contribution in [0.3, 0.4) is 0 Å². The zero-order valence-electron chi connectivity index (χ0n) is 16.1. The van der Waals surface area contributed by atoms with Crippen LogP contribution in [0.5, 0.6) is 0 Å². The molecule has 2 fully saturated rings. The fourth-order valence-electron chi connectivity index (χ4n) is 4.40. The SMILES string of the molecule is CCC(C)NS(=O)(=O)c1cccc(NC(=O)C2CC3CCCC(C2)C3N)c1. The van der Waals surface area contributed by atoms with Gasteiger partial charge in [-0.2, -0.15) is 0 Å². The predicted octanol–water partition coefficient (Wildman–Crippen LogP) is 2.86. The van der Waals surface area contributed by atoms with Crippen LogP contribution >= 0.6 is 0 Å². The van der Waals surface area contributed by atoms with Crippen LogP contribution in [0.25, 0.3) is 0 Å². The van der Waals surface area contributed by atoms with E-state index in [1.165, 1.54) is 12.5 Å². The molecular formula is C20H31N3O3S. The van der Waals surface area contributed by atoms with Crippen molar-refractivity contribution < 1.29 is 13.2 Å². The van der Waals surface area contributed by atoms with Gasteiger partial charge in [-0.3, -0.25) is 4.79 Å². The van der Waals surface area contributed by atoms with Gasteiger partial charge in [0.2, 0.25) is 15.9 Å². The van der Waals surface area contributed by atoms with Gasteiger partial charge in [-0.15, -0.1) is 0 Å². The van der Waals surface area contributed by atoms with E-state index in [9.17, 15) is 13.2 Å². The molecule has 1 aromatic carbocycles. The zero-order chi connectivity index (χ0) is 19.6. The van der Waals surface area contributed by atoms with Crippen LogP contribution in [-0.2, 0) is 14.8 Å². The van der Waals surface area contributed by atoms with Crippen LogP contribution in [-0.4, -0.2) is 26.4 Å². The first-order chi connectivity index (χ1) is 12.8. The summed E-state index contributed by atoms with van der Waals surface area (Å²) in [5.41, 5.74) is 6.83. The van der Waals surface area contributed by atoms with Crippen LogP contribution in [0.15, 0.2) is 29.2 Å². The Hall–Kier alpha value is -1.44. The van der Waals surface area contributed by atoms with Crippen LogP contribution in [0.2, 0.25) is 0 Å². The van der Waals surface area contributed by atoms with Crippen LogP contribution in [0.4, 0.5) is 5.69 Å². The molecule has 2 saturated carbocycles. The quantitative estimate of drug-likeness (QED) is 0.692. The Bertz CT molecular complexity index is 766. The standard InChI is InChI=1S/C20H31N3O3S/c1-3-13(2)23-27(25,26)18-9-5-8-17(12-18)22-20(24)16-10-14-6-4-7-15(11-16)19(14)21/h5,8-9,12-16,19,23H,3-4,6-7,10-11,21H2,1-2H3,(H,22,24). The largest absolute Gasteiger partial charge is 0.327 e. The van der Waals surface area contributed by atoms with Crippen molar-refractivity contribution >= 4 is 21.6 Å². The second-order valence-corrected chi connectivity index (χ2v) is 9.86. The monoisotopic (exact) mass is 393 g/mol. The first kappa shape index (κ1) is 20.3. The number of carbonyl (C=O) groups excluding carboxylic acids is 1. The Labute approximate surface area is 162 Å². The molecule has 7 heteroatoms. The van der Waals surface area contributed by atoms with Gasteiger partial charge in [0.15, 0.2) is 0 Å². The zero-order valence-corrected chi connectivity index (χ0v) is 17.0. The van der Waals surface area contributed by atoms with E-state index >= 15 is 0 Å². The molecule has 1 amide bonds. The molecule has 0 aromatic heterocycles. The van der Waals surface area contributed by atoms with Crippen LogP contribution in [0, 0.1) is 17.8 Å². The highest BCUT2D eigenvalue weighted by molar-refractivity contribution is 7.89. The number of hydrogen-bond donors (Lipinski definition) is 3. The number of fused-ring (bicyclic) bond motifs is 2. The van der Waals surface area contributed by atoms with Crippen molar-refractivity contribution in [3.63, 3.8) is 0 Å². The summed E-state index contributed by atoms with van der Waals surface area (Å²) >= 11 is 0. The molecule has 0 saturated heterocycles. The van der Waals surface area contributed by atoms with Gasteiger partial charge in [0, 0.05) is 23.7 Å². The number of carbonyl (C=O) groups is 1. The van der Waals surface area contributed by atoms with Gasteiger partial charge in [0.1, 0.15) is 0 Å². The van der Waals surface area contributed by atoms with Crippen molar-refractivity contribution in [3.8, 4) is 0 Å². The Morgan fingerprint density at radius 3 is 2.56 bits per heavy atom. The lowest BCUT2D eigenvalue weighted by Gasteiger charge is -2.43.